The molecule has 0 aliphatic rings. The van der Waals surface area contributed by atoms with Crippen molar-refractivity contribution in [3.05, 3.63) is 51.4 Å². The summed E-state index contributed by atoms with van der Waals surface area (Å²) in [5, 5.41) is 9.83. The van der Waals surface area contributed by atoms with Gasteiger partial charge in [-0.3, -0.25) is 9.36 Å². The van der Waals surface area contributed by atoms with Gasteiger partial charge in [-0.2, -0.15) is 0 Å². The molecule has 1 heterocycles. The van der Waals surface area contributed by atoms with Gasteiger partial charge in [-0.05, 0) is 25.1 Å². The number of hydrogen-bond donors (Lipinski definition) is 1. The van der Waals surface area contributed by atoms with Crippen LogP contribution in [0.3, 0.4) is 0 Å². The van der Waals surface area contributed by atoms with Gasteiger partial charge in [0.15, 0.2) is 0 Å². The first-order chi connectivity index (χ1) is 8.52. The second-order valence-electron chi connectivity index (χ2n) is 3.85. The summed E-state index contributed by atoms with van der Waals surface area (Å²) in [6.07, 6.45) is 0. The van der Waals surface area contributed by atoms with Crippen LogP contribution in [0.4, 0.5) is 0 Å². The number of aromatic hydroxyl groups is 1. The summed E-state index contributed by atoms with van der Waals surface area (Å²) in [7, 11) is 1.51. The molecule has 0 fully saturated rings. The molecule has 0 radical (unpaired) electrons. The van der Waals surface area contributed by atoms with Crippen LogP contribution < -0.4 is 10.3 Å². The van der Waals surface area contributed by atoms with Crippen molar-refractivity contribution in [3.63, 3.8) is 0 Å². The molecule has 0 saturated heterocycles. The lowest BCUT2D eigenvalue weighted by Crippen LogP contribution is -2.19. The predicted molar refractivity (Wildman–Crippen MR) is 70.0 cm³/mol. The lowest BCUT2D eigenvalue weighted by atomic mass is 10.2. The zero-order valence-electron chi connectivity index (χ0n) is 9.98. The maximum Gasteiger partial charge on any atom is 0.258 e. The van der Waals surface area contributed by atoms with E-state index in [1.165, 1.54) is 17.7 Å². The molecule has 0 spiro atoms. The van der Waals surface area contributed by atoms with Gasteiger partial charge < -0.3 is 9.84 Å². The number of methoxy groups -OCH3 is 1. The first-order valence-electron chi connectivity index (χ1n) is 5.29. The van der Waals surface area contributed by atoms with Crippen LogP contribution in [-0.2, 0) is 0 Å². The zero-order valence-corrected chi connectivity index (χ0v) is 10.7. The molecule has 2 rings (SSSR count). The third-order valence-electron chi connectivity index (χ3n) is 2.59. The van der Waals surface area contributed by atoms with Crippen molar-refractivity contribution in [1.29, 1.82) is 0 Å². The number of aryl methyl sites for hydroxylation is 1. The van der Waals surface area contributed by atoms with E-state index in [9.17, 15) is 9.90 Å². The molecule has 2 aromatic rings. The van der Waals surface area contributed by atoms with Crippen molar-refractivity contribution in [2.75, 3.05) is 7.11 Å². The average molecular weight is 266 g/mol. The monoisotopic (exact) mass is 265 g/mol. The van der Waals surface area contributed by atoms with Gasteiger partial charge in [0.05, 0.1) is 17.8 Å². The Morgan fingerprint density at radius 3 is 2.61 bits per heavy atom. The Kier molecular flexibility index (Phi) is 3.30. The van der Waals surface area contributed by atoms with Gasteiger partial charge in [0.2, 0.25) is 0 Å². The smallest absolute Gasteiger partial charge is 0.258 e. The van der Waals surface area contributed by atoms with Crippen molar-refractivity contribution in [2.45, 2.75) is 6.92 Å². The largest absolute Gasteiger partial charge is 0.508 e. The van der Waals surface area contributed by atoms with Gasteiger partial charge in [0, 0.05) is 17.8 Å². The molecule has 0 aliphatic heterocycles. The number of halogens is 1. The maximum atomic E-state index is 11.9. The minimum atomic E-state index is -0.308. The maximum absolute atomic E-state index is 11.9. The van der Waals surface area contributed by atoms with Crippen LogP contribution in [0, 0.1) is 6.92 Å². The van der Waals surface area contributed by atoms with E-state index in [1.807, 2.05) is 0 Å². The van der Waals surface area contributed by atoms with Crippen LogP contribution in [0.1, 0.15) is 5.69 Å². The molecule has 0 aliphatic carbocycles. The predicted octanol–water partition coefficient (Wildman–Crippen LogP) is 2.51. The van der Waals surface area contributed by atoms with E-state index in [2.05, 4.69) is 0 Å². The normalized spacial score (nSPS) is 10.4. The molecule has 0 atom stereocenters. The van der Waals surface area contributed by atoms with Gasteiger partial charge in [-0.15, -0.1) is 0 Å². The van der Waals surface area contributed by atoms with Gasteiger partial charge in [-0.1, -0.05) is 11.6 Å². The second-order valence-corrected chi connectivity index (χ2v) is 4.25. The highest BCUT2D eigenvalue weighted by Crippen LogP contribution is 2.26. The van der Waals surface area contributed by atoms with E-state index in [4.69, 9.17) is 16.3 Å². The summed E-state index contributed by atoms with van der Waals surface area (Å²) < 4.78 is 6.58. The summed E-state index contributed by atoms with van der Waals surface area (Å²) in [6, 6.07) is 7.73. The van der Waals surface area contributed by atoms with Crippen molar-refractivity contribution in [2.24, 2.45) is 0 Å². The SMILES string of the molecule is COc1cc(-n2c(C)cc(O)cc2=O)ccc1Cl. The summed E-state index contributed by atoms with van der Waals surface area (Å²) in [6.45, 7) is 1.74. The fourth-order valence-electron chi connectivity index (χ4n) is 1.80. The fraction of sp³-hybridized carbons (Fsp3) is 0.154. The molecule has 94 valence electrons. The molecule has 0 bridgehead atoms. The minimum absolute atomic E-state index is 0.0466. The average Bonchev–Trinajstić information content (AvgIpc) is 2.30. The highest BCUT2D eigenvalue weighted by atomic mass is 35.5. The molecule has 0 unspecified atom stereocenters. The number of aromatic nitrogens is 1. The molecule has 0 amide bonds. The van der Waals surface area contributed by atoms with Crippen molar-refractivity contribution >= 4 is 11.6 Å². The molecular weight excluding hydrogens is 254 g/mol. The lowest BCUT2D eigenvalue weighted by Gasteiger charge is -2.12. The van der Waals surface area contributed by atoms with E-state index in [1.54, 1.807) is 25.1 Å². The molecule has 1 aromatic carbocycles. The molecule has 1 N–H and O–H groups in total. The van der Waals surface area contributed by atoms with Crippen molar-refractivity contribution < 1.29 is 9.84 Å². The highest BCUT2D eigenvalue weighted by molar-refractivity contribution is 6.32. The van der Waals surface area contributed by atoms with Crippen LogP contribution in [0.15, 0.2) is 35.1 Å². The Morgan fingerprint density at radius 1 is 1.28 bits per heavy atom. The fourth-order valence-corrected chi connectivity index (χ4v) is 2.00. The van der Waals surface area contributed by atoms with Crippen LogP contribution in [0.2, 0.25) is 5.02 Å². The third kappa shape index (κ3) is 2.19. The van der Waals surface area contributed by atoms with Crippen LogP contribution in [0.5, 0.6) is 11.5 Å². The Bertz CT molecular complexity index is 649. The Balaban J connectivity index is 2.66. The van der Waals surface area contributed by atoms with Crippen molar-refractivity contribution in [1.82, 2.24) is 4.57 Å². The summed E-state index contributed by atoms with van der Waals surface area (Å²) >= 11 is 5.94. The Labute approximate surface area is 109 Å². The first kappa shape index (κ1) is 12.5. The summed E-state index contributed by atoms with van der Waals surface area (Å²) in [5.41, 5.74) is 0.958. The lowest BCUT2D eigenvalue weighted by molar-refractivity contribution is 0.415. The topological polar surface area (TPSA) is 51.5 Å². The van der Waals surface area contributed by atoms with E-state index < -0.39 is 0 Å². The molecule has 5 heteroatoms. The Hall–Kier alpha value is -1.94. The van der Waals surface area contributed by atoms with Gasteiger partial charge in [-0.25, -0.2) is 0 Å². The van der Waals surface area contributed by atoms with Gasteiger partial charge in [0.1, 0.15) is 11.5 Å². The number of ether oxygens (including phenoxy) is 1. The van der Waals surface area contributed by atoms with Crippen LogP contribution in [0.25, 0.3) is 5.69 Å². The Morgan fingerprint density at radius 2 is 2.00 bits per heavy atom. The molecule has 18 heavy (non-hydrogen) atoms. The number of benzene rings is 1. The third-order valence-corrected chi connectivity index (χ3v) is 2.91. The molecule has 4 nitrogen and oxygen atoms in total. The minimum Gasteiger partial charge on any atom is -0.508 e. The van der Waals surface area contributed by atoms with Gasteiger partial charge in [0.25, 0.3) is 5.56 Å². The quantitative estimate of drug-likeness (QED) is 0.908. The van der Waals surface area contributed by atoms with Crippen LogP contribution >= 0.6 is 11.6 Å². The van der Waals surface area contributed by atoms with Crippen molar-refractivity contribution in [3.8, 4) is 17.2 Å². The van der Waals surface area contributed by atoms with E-state index >= 15 is 0 Å². The summed E-state index contributed by atoms with van der Waals surface area (Å²) in [5.74, 6) is 0.447. The first-order valence-corrected chi connectivity index (χ1v) is 5.67. The zero-order chi connectivity index (χ0) is 13.3. The van der Waals surface area contributed by atoms with E-state index in [-0.39, 0.29) is 11.3 Å². The highest BCUT2D eigenvalue weighted by Gasteiger charge is 2.08. The second kappa shape index (κ2) is 4.74. The molecular formula is C13H12ClNO3. The molecule has 0 saturated carbocycles. The van der Waals surface area contributed by atoms with E-state index in [0.29, 0.717) is 22.2 Å². The molecule has 1 aromatic heterocycles. The number of nitrogens with zero attached hydrogens (tertiary/aromatic N) is 1. The van der Waals surface area contributed by atoms with Gasteiger partial charge >= 0.3 is 0 Å². The summed E-state index contributed by atoms with van der Waals surface area (Å²) in [4.78, 5) is 11.9. The number of rotatable bonds is 2. The number of hydrogen-bond acceptors (Lipinski definition) is 3. The number of pyridine rings is 1. The van der Waals surface area contributed by atoms with Crippen LogP contribution in [-0.4, -0.2) is 16.8 Å². The van der Waals surface area contributed by atoms with E-state index in [0.717, 1.165) is 6.07 Å². The standard InChI is InChI=1S/C13H12ClNO3/c1-8-5-10(16)7-13(17)15(8)9-3-4-11(14)12(6-9)18-2/h3-7,16H,1-2H3.